The third-order valence-corrected chi connectivity index (χ3v) is 5.81. The number of hydrogen-bond donors (Lipinski definition) is 1. The van der Waals surface area contributed by atoms with Crippen LogP contribution >= 0.6 is 0 Å². The zero-order valence-electron chi connectivity index (χ0n) is 15.5. The Morgan fingerprint density at radius 2 is 2.19 bits per heavy atom. The zero-order chi connectivity index (χ0) is 18.3. The van der Waals surface area contributed by atoms with Gasteiger partial charge in [0.05, 0.1) is 12.5 Å². The van der Waals surface area contributed by atoms with Crippen molar-refractivity contribution in [2.24, 2.45) is 5.92 Å². The summed E-state index contributed by atoms with van der Waals surface area (Å²) >= 11 is 0. The second-order valence-corrected chi connectivity index (χ2v) is 7.13. The second-order valence-electron chi connectivity index (χ2n) is 7.13. The van der Waals surface area contributed by atoms with Gasteiger partial charge in [-0.1, -0.05) is 24.1 Å². The van der Waals surface area contributed by atoms with Crippen LogP contribution in [0, 0.1) is 18.3 Å². The van der Waals surface area contributed by atoms with E-state index >= 15 is 0 Å². The van der Waals surface area contributed by atoms with Gasteiger partial charge >= 0.3 is 0 Å². The van der Waals surface area contributed by atoms with Crippen molar-refractivity contribution in [1.29, 1.82) is 0 Å². The molecule has 4 rings (SSSR count). The minimum Gasteiger partial charge on any atom is -0.361 e. The maximum atomic E-state index is 13.0. The number of H-pyrrole nitrogens is 1. The van der Waals surface area contributed by atoms with E-state index in [0.29, 0.717) is 13.1 Å². The summed E-state index contributed by atoms with van der Waals surface area (Å²) in [5.41, 5.74) is 5.01. The number of carbonyl (C=O) groups excluding carboxylic acids is 1. The predicted octanol–water partition coefficient (Wildman–Crippen LogP) is 2.91. The van der Waals surface area contributed by atoms with Crippen LogP contribution in [-0.2, 0) is 11.2 Å². The number of fused-ring (bicyclic) bond motifs is 2. The molecule has 1 aromatic heterocycles. The van der Waals surface area contributed by atoms with E-state index in [9.17, 15) is 4.79 Å². The molecule has 2 aromatic rings. The molecule has 1 aromatic carbocycles. The largest absolute Gasteiger partial charge is 0.361 e. The second kappa shape index (κ2) is 6.66. The molecule has 1 N–H and O–H groups in total. The van der Waals surface area contributed by atoms with Gasteiger partial charge in [0.15, 0.2) is 0 Å². The summed E-state index contributed by atoms with van der Waals surface area (Å²) in [5, 5.41) is 1.30. The van der Waals surface area contributed by atoms with Gasteiger partial charge in [-0.2, -0.15) is 0 Å². The van der Waals surface area contributed by atoms with E-state index in [0.717, 1.165) is 25.0 Å². The lowest BCUT2D eigenvalue weighted by Crippen LogP contribution is -2.49. The molecule has 2 heterocycles. The molecule has 134 valence electrons. The van der Waals surface area contributed by atoms with E-state index in [-0.39, 0.29) is 17.9 Å². The summed E-state index contributed by atoms with van der Waals surface area (Å²) < 4.78 is 0. The first-order valence-corrected chi connectivity index (χ1v) is 9.45. The first kappa shape index (κ1) is 16.9. The van der Waals surface area contributed by atoms with Crippen molar-refractivity contribution in [1.82, 2.24) is 14.8 Å². The molecule has 1 aliphatic heterocycles. The number of nitrogens with one attached hydrogen (secondary N) is 1. The number of aromatic nitrogens is 1. The summed E-state index contributed by atoms with van der Waals surface area (Å²) in [7, 11) is 0. The maximum absolute atomic E-state index is 13.0. The van der Waals surface area contributed by atoms with Gasteiger partial charge in [-0.15, -0.1) is 6.42 Å². The van der Waals surface area contributed by atoms with Crippen molar-refractivity contribution in [3.63, 3.8) is 0 Å². The normalized spacial score (nSPS) is 21.8. The van der Waals surface area contributed by atoms with Crippen LogP contribution in [0.2, 0.25) is 0 Å². The Bertz CT molecular complexity index is 913. The standard InChI is InChI=1S/C22H25N3O/c1-4-10-25-14-16(22(26)24(5-2)6-3)11-18-17-8-7-9-19-21(17)15(13-23-19)12-20(18)25/h1,7-9,11,13,16,20,23H,5-6,10,12,14H2,2-3H3/t16-,20-/m1/s1. The number of benzene rings is 1. The van der Waals surface area contributed by atoms with E-state index in [1.807, 2.05) is 18.7 Å². The molecule has 1 aliphatic carbocycles. The number of carbonyl (C=O) groups is 1. The first-order chi connectivity index (χ1) is 12.7. The van der Waals surface area contributed by atoms with Crippen molar-refractivity contribution in [3.05, 3.63) is 41.6 Å². The van der Waals surface area contributed by atoms with Crippen molar-refractivity contribution in [3.8, 4) is 12.3 Å². The lowest BCUT2D eigenvalue weighted by Gasteiger charge is -2.41. The fourth-order valence-electron chi connectivity index (χ4n) is 4.54. The molecule has 4 heteroatoms. The summed E-state index contributed by atoms with van der Waals surface area (Å²) in [6, 6.07) is 6.63. The molecule has 26 heavy (non-hydrogen) atoms. The third kappa shape index (κ3) is 2.55. The summed E-state index contributed by atoms with van der Waals surface area (Å²) in [6.45, 7) is 6.82. The lowest BCUT2D eigenvalue weighted by molar-refractivity contribution is -0.134. The van der Waals surface area contributed by atoms with Crippen LogP contribution in [-0.4, -0.2) is 52.9 Å². The molecule has 0 radical (unpaired) electrons. The lowest BCUT2D eigenvalue weighted by atomic mass is 9.79. The van der Waals surface area contributed by atoms with Crippen molar-refractivity contribution < 1.29 is 4.79 Å². The highest BCUT2D eigenvalue weighted by Crippen LogP contribution is 2.41. The Kier molecular flexibility index (Phi) is 4.34. The van der Waals surface area contributed by atoms with Crippen LogP contribution in [0.15, 0.2) is 30.5 Å². The Balaban J connectivity index is 1.81. The van der Waals surface area contributed by atoms with Gasteiger partial charge < -0.3 is 9.88 Å². The molecule has 0 unspecified atom stereocenters. The van der Waals surface area contributed by atoms with Gasteiger partial charge in [0.2, 0.25) is 5.91 Å². The van der Waals surface area contributed by atoms with Gasteiger partial charge in [-0.25, -0.2) is 0 Å². The van der Waals surface area contributed by atoms with Crippen LogP contribution in [0.3, 0.4) is 0 Å². The monoisotopic (exact) mass is 347 g/mol. The molecular formula is C22H25N3O. The van der Waals surface area contributed by atoms with E-state index < -0.39 is 0 Å². The summed E-state index contributed by atoms with van der Waals surface area (Å²) in [4.78, 5) is 20.6. The average molecular weight is 347 g/mol. The fraction of sp³-hybridized carbons (Fsp3) is 0.409. The Hall–Kier alpha value is -2.51. The van der Waals surface area contributed by atoms with Crippen LogP contribution < -0.4 is 0 Å². The van der Waals surface area contributed by atoms with Crippen LogP contribution in [0.1, 0.15) is 25.0 Å². The van der Waals surface area contributed by atoms with Gasteiger partial charge in [-0.05, 0) is 43.0 Å². The zero-order valence-corrected chi connectivity index (χ0v) is 15.5. The van der Waals surface area contributed by atoms with Crippen molar-refractivity contribution >= 4 is 22.4 Å². The summed E-state index contributed by atoms with van der Waals surface area (Å²) in [5.74, 6) is 2.87. The van der Waals surface area contributed by atoms with E-state index in [1.165, 1.54) is 22.1 Å². The van der Waals surface area contributed by atoms with Crippen LogP contribution in [0.5, 0.6) is 0 Å². The van der Waals surface area contributed by atoms with E-state index in [4.69, 9.17) is 6.42 Å². The van der Waals surface area contributed by atoms with E-state index in [2.05, 4.69) is 46.3 Å². The smallest absolute Gasteiger partial charge is 0.230 e. The number of aromatic amines is 1. The Morgan fingerprint density at radius 3 is 2.92 bits per heavy atom. The SMILES string of the molecule is C#CCN1C[C@H](C(=O)N(CC)CC)C=C2c3cccc4[nH]cc(c34)C[C@H]21. The van der Waals surface area contributed by atoms with Gasteiger partial charge in [0, 0.05) is 42.8 Å². The fourth-order valence-corrected chi connectivity index (χ4v) is 4.54. The average Bonchev–Trinajstić information content (AvgIpc) is 3.08. The van der Waals surface area contributed by atoms with Crippen molar-refractivity contribution in [2.75, 3.05) is 26.2 Å². The molecule has 2 aliphatic rings. The number of hydrogen-bond acceptors (Lipinski definition) is 2. The highest BCUT2D eigenvalue weighted by Gasteiger charge is 2.37. The molecule has 0 spiro atoms. The number of amides is 1. The highest BCUT2D eigenvalue weighted by molar-refractivity contribution is 5.99. The van der Waals surface area contributed by atoms with Crippen molar-refractivity contribution in [2.45, 2.75) is 26.3 Å². The molecular weight excluding hydrogens is 322 g/mol. The molecule has 0 saturated carbocycles. The highest BCUT2D eigenvalue weighted by atomic mass is 16.2. The predicted molar refractivity (Wildman–Crippen MR) is 106 cm³/mol. The Labute approximate surface area is 154 Å². The third-order valence-electron chi connectivity index (χ3n) is 5.81. The molecule has 4 nitrogen and oxygen atoms in total. The Morgan fingerprint density at radius 1 is 1.38 bits per heavy atom. The number of nitrogens with zero attached hydrogens (tertiary/aromatic N) is 2. The van der Waals surface area contributed by atoms with Crippen LogP contribution in [0.4, 0.5) is 0 Å². The molecule has 0 fully saturated rings. The number of terminal acetylenes is 1. The molecule has 0 saturated heterocycles. The first-order valence-electron chi connectivity index (χ1n) is 9.45. The number of rotatable bonds is 4. The molecule has 1 amide bonds. The van der Waals surface area contributed by atoms with Gasteiger partial charge in [0.1, 0.15) is 0 Å². The van der Waals surface area contributed by atoms with Gasteiger partial charge in [-0.3, -0.25) is 9.69 Å². The van der Waals surface area contributed by atoms with Crippen LogP contribution in [0.25, 0.3) is 16.5 Å². The topological polar surface area (TPSA) is 39.3 Å². The molecule has 2 atom stereocenters. The quantitative estimate of drug-likeness (QED) is 0.864. The summed E-state index contributed by atoms with van der Waals surface area (Å²) in [6.07, 6.45) is 10.9. The minimum absolute atomic E-state index is 0.134. The molecule has 0 bridgehead atoms. The minimum atomic E-state index is -0.134. The maximum Gasteiger partial charge on any atom is 0.230 e. The van der Waals surface area contributed by atoms with Gasteiger partial charge in [0.25, 0.3) is 0 Å². The van der Waals surface area contributed by atoms with E-state index in [1.54, 1.807) is 0 Å².